The molecule has 4 rings (SSSR count). The van der Waals surface area contributed by atoms with Gasteiger partial charge in [-0.15, -0.1) is 0 Å². The summed E-state index contributed by atoms with van der Waals surface area (Å²) in [5, 5.41) is 9.88. The number of aromatic nitrogens is 5. The third-order valence-corrected chi connectivity index (χ3v) is 5.49. The van der Waals surface area contributed by atoms with Crippen LogP contribution in [-0.2, 0) is 19.4 Å². The first-order valence-corrected chi connectivity index (χ1v) is 10.7. The van der Waals surface area contributed by atoms with Crippen LogP contribution < -0.4 is 0 Å². The summed E-state index contributed by atoms with van der Waals surface area (Å²) in [4.78, 5) is 4.86. The lowest BCUT2D eigenvalue weighted by Crippen LogP contribution is -2.05. The number of aryl methyl sites for hydroxylation is 3. The molecule has 2 heterocycles. The summed E-state index contributed by atoms with van der Waals surface area (Å²) >= 11 is 6.65. The van der Waals surface area contributed by atoms with Gasteiger partial charge < -0.3 is 0 Å². The van der Waals surface area contributed by atoms with E-state index in [1.807, 2.05) is 15.4 Å². The lowest BCUT2D eigenvalue weighted by atomic mass is 10.1. The maximum absolute atomic E-state index is 6.65. The fourth-order valence-corrected chi connectivity index (χ4v) is 3.80. The number of benzene rings is 2. The van der Waals surface area contributed by atoms with Crippen molar-refractivity contribution >= 4 is 11.6 Å². The van der Waals surface area contributed by atoms with Crippen LogP contribution in [0.3, 0.4) is 0 Å². The van der Waals surface area contributed by atoms with Crippen molar-refractivity contribution < 1.29 is 0 Å². The molecule has 6 heteroatoms. The minimum absolute atomic E-state index is 0.178. The molecule has 4 aromatic rings. The number of halogens is 1. The van der Waals surface area contributed by atoms with Crippen LogP contribution in [0.2, 0.25) is 5.15 Å². The zero-order chi connectivity index (χ0) is 21.1. The largest absolute Gasteiger partial charge is 0.251 e. The zero-order valence-electron chi connectivity index (χ0n) is 17.6. The van der Waals surface area contributed by atoms with Crippen LogP contribution in [0, 0.1) is 6.92 Å². The van der Waals surface area contributed by atoms with E-state index < -0.39 is 0 Å². The van der Waals surface area contributed by atoms with Gasteiger partial charge in [0.05, 0.1) is 18.3 Å². The van der Waals surface area contributed by atoms with Crippen LogP contribution in [0.25, 0.3) is 11.4 Å². The van der Waals surface area contributed by atoms with E-state index in [4.69, 9.17) is 21.7 Å². The third kappa shape index (κ3) is 4.46. The zero-order valence-corrected chi connectivity index (χ0v) is 18.3. The Labute approximate surface area is 182 Å². The Morgan fingerprint density at radius 3 is 2.33 bits per heavy atom. The van der Waals surface area contributed by atoms with E-state index in [0.717, 1.165) is 30.1 Å². The molecule has 2 aromatic carbocycles. The van der Waals surface area contributed by atoms with Crippen LogP contribution >= 0.6 is 11.6 Å². The Morgan fingerprint density at radius 1 is 0.933 bits per heavy atom. The first kappa shape index (κ1) is 20.4. The van der Waals surface area contributed by atoms with Gasteiger partial charge in [0.25, 0.3) is 0 Å². The van der Waals surface area contributed by atoms with Gasteiger partial charge >= 0.3 is 0 Å². The van der Waals surface area contributed by atoms with Gasteiger partial charge in [-0.25, -0.2) is 9.67 Å². The van der Waals surface area contributed by atoms with E-state index >= 15 is 0 Å². The van der Waals surface area contributed by atoms with Crippen molar-refractivity contribution in [2.75, 3.05) is 0 Å². The van der Waals surface area contributed by atoms with Crippen LogP contribution in [0.4, 0.5) is 0 Å². The molecule has 0 atom stereocenters. The molecular formula is C24H26ClN5. The van der Waals surface area contributed by atoms with E-state index in [-0.39, 0.29) is 6.04 Å². The molecule has 0 radical (unpaired) electrons. The second kappa shape index (κ2) is 8.84. The minimum atomic E-state index is 0.178. The number of nitrogens with zero attached hydrogens (tertiary/aromatic N) is 5. The third-order valence-electron chi connectivity index (χ3n) is 5.11. The van der Waals surface area contributed by atoms with Crippen molar-refractivity contribution in [1.29, 1.82) is 0 Å². The highest BCUT2D eigenvalue weighted by Crippen LogP contribution is 2.29. The van der Waals surface area contributed by atoms with E-state index in [9.17, 15) is 0 Å². The molecular weight excluding hydrogens is 394 g/mol. The van der Waals surface area contributed by atoms with Crippen molar-refractivity contribution in [1.82, 2.24) is 24.5 Å². The van der Waals surface area contributed by atoms with Gasteiger partial charge in [-0.05, 0) is 38.3 Å². The van der Waals surface area contributed by atoms with Gasteiger partial charge in [-0.2, -0.15) is 10.2 Å². The molecule has 0 fully saturated rings. The fourth-order valence-electron chi connectivity index (χ4n) is 3.43. The first-order valence-electron chi connectivity index (χ1n) is 10.3. The standard InChI is InChI=1S/C24H26ClN5/c1-17(2)30-23(25)21(15-26-30)24-27-22(14-13-19-7-5-4-6-8-19)28-29(24)16-20-11-9-18(3)10-12-20/h4-12,15,17H,13-14,16H2,1-3H3. The summed E-state index contributed by atoms with van der Waals surface area (Å²) in [5.41, 5.74) is 4.51. The lowest BCUT2D eigenvalue weighted by Gasteiger charge is -2.08. The number of hydrogen-bond acceptors (Lipinski definition) is 3. The predicted molar refractivity (Wildman–Crippen MR) is 121 cm³/mol. The molecule has 0 aliphatic heterocycles. The molecule has 154 valence electrons. The first-order chi connectivity index (χ1) is 14.5. The van der Waals surface area contributed by atoms with Gasteiger partial charge in [0.15, 0.2) is 11.6 Å². The van der Waals surface area contributed by atoms with E-state index in [1.54, 1.807) is 6.20 Å². The Morgan fingerprint density at radius 2 is 1.67 bits per heavy atom. The smallest absolute Gasteiger partial charge is 0.163 e. The van der Waals surface area contributed by atoms with Crippen molar-refractivity contribution in [3.63, 3.8) is 0 Å². The minimum Gasteiger partial charge on any atom is -0.251 e. The van der Waals surface area contributed by atoms with Gasteiger partial charge in [0.1, 0.15) is 5.15 Å². The summed E-state index contributed by atoms with van der Waals surface area (Å²) in [6, 6.07) is 19.1. The predicted octanol–water partition coefficient (Wildman–Crippen LogP) is 5.52. The Kier molecular flexibility index (Phi) is 6.00. The average Bonchev–Trinajstić information content (AvgIpc) is 3.32. The van der Waals surface area contributed by atoms with Gasteiger partial charge in [0, 0.05) is 12.5 Å². The summed E-state index contributed by atoms with van der Waals surface area (Å²) in [6.07, 6.45) is 3.46. The normalized spacial score (nSPS) is 11.4. The molecule has 30 heavy (non-hydrogen) atoms. The molecule has 0 unspecified atom stereocenters. The van der Waals surface area contributed by atoms with Gasteiger partial charge in [0.2, 0.25) is 0 Å². The molecule has 0 N–H and O–H groups in total. The van der Waals surface area contributed by atoms with E-state index in [0.29, 0.717) is 11.7 Å². The van der Waals surface area contributed by atoms with Crippen molar-refractivity contribution in [2.45, 2.75) is 46.2 Å². The summed E-state index contributed by atoms with van der Waals surface area (Å²) in [5.74, 6) is 1.57. The quantitative estimate of drug-likeness (QED) is 0.396. The van der Waals surface area contributed by atoms with Crippen molar-refractivity contribution in [2.24, 2.45) is 0 Å². The van der Waals surface area contributed by atoms with Crippen LogP contribution in [-0.4, -0.2) is 24.5 Å². The summed E-state index contributed by atoms with van der Waals surface area (Å²) in [7, 11) is 0. The highest BCUT2D eigenvalue weighted by atomic mass is 35.5. The monoisotopic (exact) mass is 419 g/mol. The Balaban J connectivity index is 1.67. The summed E-state index contributed by atoms with van der Waals surface area (Å²) < 4.78 is 3.75. The van der Waals surface area contributed by atoms with E-state index in [1.165, 1.54) is 16.7 Å². The maximum atomic E-state index is 6.65. The van der Waals surface area contributed by atoms with Gasteiger partial charge in [-0.1, -0.05) is 71.8 Å². The molecule has 0 spiro atoms. The average molecular weight is 420 g/mol. The molecule has 5 nitrogen and oxygen atoms in total. The van der Waals surface area contributed by atoms with Crippen molar-refractivity contribution in [3.8, 4) is 11.4 Å². The molecule has 0 bridgehead atoms. The fraction of sp³-hybridized carbons (Fsp3) is 0.292. The number of rotatable bonds is 7. The Bertz CT molecular complexity index is 1110. The molecule has 2 aromatic heterocycles. The topological polar surface area (TPSA) is 48.5 Å². The van der Waals surface area contributed by atoms with Crippen LogP contribution in [0.5, 0.6) is 0 Å². The SMILES string of the molecule is Cc1ccc(Cn2nc(CCc3ccccc3)nc2-c2cnn(C(C)C)c2Cl)cc1. The summed E-state index contributed by atoms with van der Waals surface area (Å²) in [6.45, 7) is 6.85. The van der Waals surface area contributed by atoms with Gasteiger partial charge in [-0.3, -0.25) is 4.68 Å². The second-order valence-electron chi connectivity index (χ2n) is 7.87. The van der Waals surface area contributed by atoms with Crippen molar-refractivity contribution in [3.05, 3.63) is 88.5 Å². The lowest BCUT2D eigenvalue weighted by molar-refractivity contribution is 0.533. The van der Waals surface area contributed by atoms with Crippen LogP contribution in [0.15, 0.2) is 60.8 Å². The maximum Gasteiger partial charge on any atom is 0.163 e. The molecule has 0 aliphatic carbocycles. The molecule has 0 saturated heterocycles. The Hall–Kier alpha value is -2.92. The second-order valence-corrected chi connectivity index (χ2v) is 8.23. The molecule has 0 aliphatic rings. The van der Waals surface area contributed by atoms with E-state index in [2.05, 4.69) is 74.4 Å². The van der Waals surface area contributed by atoms with Crippen LogP contribution in [0.1, 0.15) is 42.4 Å². The molecule has 0 amide bonds. The highest BCUT2D eigenvalue weighted by molar-refractivity contribution is 6.32. The number of hydrogen-bond donors (Lipinski definition) is 0. The molecule has 0 saturated carbocycles. The highest BCUT2D eigenvalue weighted by Gasteiger charge is 2.20.